The van der Waals surface area contributed by atoms with Crippen LogP contribution in [0.25, 0.3) is 0 Å². The number of esters is 6. The number of hydrogen-bond donors (Lipinski definition) is 0. The van der Waals surface area contributed by atoms with Crippen molar-refractivity contribution in [1.29, 1.82) is 0 Å². The van der Waals surface area contributed by atoms with Gasteiger partial charge in [0.1, 0.15) is 0 Å². The third-order valence-corrected chi connectivity index (χ3v) is 3.97. The first-order valence-corrected chi connectivity index (χ1v) is 12.8. The molecule has 0 atom stereocenters. The highest BCUT2D eigenvalue weighted by molar-refractivity contribution is 5.86. The lowest BCUT2D eigenvalue weighted by molar-refractivity contribution is -0.161. The van der Waals surface area contributed by atoms with E-state index in [1.54, 1.807) is 0 Å². The lowest BCUT2D eigenvalue weighted by Gasteiger charge is -2.00. The molecule has 0 aliphatic heterocycles. The molecule has 9 nitrogen and oxygen atoms in total. The van der Waals surface area contributed by atoms with Crippen molar-refractivity contribution in [2.45, 2.75) is 131 Å². The predicted molar refractivity (Wildman–Crippen MR) is 132 cm³/mol. The smallest absolute Gasteiger partial charge is 0.313 e. The Kier molecular flexibility index (Phi) is 29.2. The van der Waals surface area contributed by atoms with Crippen LogP contribution in [0.4, 0.5) is 0 Å². The van der Waals surface area contributed by atoms with E-state index in [1.165, 1.54) is 0 Å². The van der Waals surface area contributed by atoms with E-state index >= 15 is 0 Å². The Morgan fingerprint density at radius 3 is 0.714 bits per heavy atom. The molecule has 204 valence electrons. The SMILES string of the molecule is CCCC(=O)OC(=O)CCC.CCCC(=O)OC(=O)CCC.CCCCC(=O)OC(=O)CCCC. The average molecular weight is 503 g/mol. The van der Waals surface area contributed by atoms with Gasteiger partial charge in [0.25, 0.3) is 0 Å². The predicted octanol–water partition coefficient (Wildman–Crippen LogP) is 5.75. The van der Waals surface area contributed by atoms with E-state index in [9.17, 15) is 28.8 Å². The maximum atomic E-state index is 10.9. The van der Waals surface area contributed by atoms with Gasteiger partial charge in [0.05, 0.1) is 0 Å². The van der Waals surface area contributed by atoms with Crippen molar-refractivity contribution in [3.8, 4) is 0 Å². The summed E-state index contributed by atoms with van der Waals surface area (Å²) in [5.74, 6) is -2.42. The highest BCUT2D eigenvalue weighted by atomic mass is 16.6. The van der Waals surface area contributed by atoms with Gasteiger partial charge in [0, 0.05) is 38.5 Å². The second kappa shape index (κ2) is 27.7. The first-order valence-electron chi connectivity index (χ1n) is 12.8. The molecule has 0 aromatic carbocycles. The molecular formula is C26H46O9. The normalized spacial score (nSPS) is 9.43. The first-order chi connectivity index (χ1) is 16.6. The standard InChI is InChI=1S/C10H18O3.2C8H14O3/c1-3-5-7-9(11)13-10(12)8-6-4-2;2*1-3-5-7(9)11-8(10)6-4-2/h3-8H2,1-2H3;2*3-6H2,1-2H3. The molecule has 0 radical (unpaired) electrons. The van der Waals surface area contributed by atoms with Gasteiger partial charge < -0.3 is 14.2 Å². The van der Waals surface area contributed by atoms with E-state index in [4.69, 9.17) is 0 Å². The van der Waals surface area contributed by atoms with Gasteiger partial charge in [0.2, 0.25) is 0 Å². The van der Waals surface area contributed by atoms with Crippen molar-refractivity contribution in [3.05, 3.63) is 0 Å². The van der Waals surface area contributed by atoms with Crippen molar-refractivity contribution in [2.24, 2.45) is 0 Å². The minimum atomic E-state index is -0.411. The number of hydrogen-bond acceptors (Lipinski definition) is 9. The average Bonchev–Trinajstić information content (AvgIpc) is 2.77. The molecule has 0 amide bonds. The lowest BCUT2D eigenvalue weighted by Crippen LogP contribution is -2.11. The molecule has 0 heterocycles. The van der Waals surface area contributed by atoms with Gasteiger partial charge in [-0.1, -0.05) is 54.4 Å². The topological polar surface area (TPSA) is 130 Å². The maximum Gasteiger partial charge on any atom is 0.313 e. The summed E-state index contributed by atoms with van der Waals surface area (Å²) in [6.45, 7) is 11.5. The van der Waals surface area contributed by atoms with E-state index < -0.39 is 23.9 Å². The van der Waals surface area contributed by atoms with Crippen LogP contribution in [-0.4, -0.2) is 35.8 Å². The summed E-state index contributed by atoms with van der Waals surface area (Å²) in [5.41, 5.74) is 0. The van der Waals surface area contributed by atoms with Gasteiger partial charge in [-0.05, 0) is 38.5 Å². The third kappa shape index (κ3) is 31.4. The fraction of sp³-hybridized carbons (Fsp3) is 0.769. The maximum absolute atomic E-state index is 10.9. The molecule has 0 rings (SSSR count). The van der Waals surface area contributed by atoms with Crippen LogP contribution in [0.5, 0.6) is 0 Å². The zero-order valence-corrected chi connectivity index (χ0v) is 22.6. The van der Waals surface area contributed by atoms with Gasteiger partial charge in [0.15, 0.2) is 0 Å². The van der Waals surface area contributed by atoms with Crippen molar-refractivity contribution >= 4 is 35.8 Å². The van der Waals surface area contributed by atoms with E-state index in [0.717, 1.165) is 51.4 Å². The quantitative estimate of drug-likeness (QED) is 0.165. The molecule has 0 saturated heterocycles. The molecule has 0 saturated carbocycles. The first kappa shape index (κ1) is 37.0. The van der Waals surface area contributed by atoms with E-state index in [0.29, 0.717) is 38.5 Å². The van der Waals surface area contributed by atoms with Crippen LogP contribution in [0.2, 0.25) is 0 Å². The van der Waals surface area contributed by atoms with Crippen LogP contribution in [0.3, 0.4) is 0 Å². The Morgan fingerprint density at radius 2 is 0.543 bits per heavy atom. The van der Waals surface area contributed by atoms with Gasteiger partial charge in [-0.2, -0.15) is 0 Å². The Hall–Kier alpha value is -2.58. The molecule has 0 aromatic heterocycles. The molecule has 0 N–H and O–H groups in total. The van der Waals surface area contributed by atoms with Gasteiger partial charge in [-0.15, -0.1) is 0 Å². The summed E-state index contributed by atoms with van der Waals surface area (Å²) in [5, 5.41) is 0. The van der Waals surface area contributed by atoms with E-state index in [2.05, 4.69) is 14.2 Å². The summed E-state index contributed by atoms with van der Waals surface area (Å²) in [6, 6.07) is 0. The van der Waals surface area contributed by atoms with Crippen molar-refractivity contribution in [1.82, 2.24) is 0 Å². The number of carbonyl (C=O) groups excluding carboxylic acids is 6. The van der Waals surface area contributed by atoms with Crippen LogP contribution >= 0.6 is 0 Å². The zero-order chi connectivity index (χ0) is 27.5. The minimum absolute atomic E-state index is 0.329. The lowest BCUT2D eigenvalue weighted by atomic mass is 10.2. The number of ether oxygens (including phenoxy) is 3. The summed E-state index contributed by atoms with van der Waals surface area (Å²) in [6.07, 6.45) is 8.38. The molecule has 0 aromatic rings. The Morgan fingerprint density at radius 1 is 0.343 bits per heavy atom. The number of carbonyl (C=O) groups is 6. The Balaban J connectivity index is -0.000000441. The van der Waals surface area contributed by atoms with Gasteiger partial charge in [-0.3, -0.25) is 28.8 Å². The monoisotopic (exact) mass is 502 g/mol. The van der Waals surface area contributed by atoms with Crippen LogP contribution in [0, 0.1) is 0 Å². The molecule has 35 heavy (non-hydrogen) atoms. The highest BCUT2D eigenvalue weighted by Crippen LogP contribution is 2.01. The molecule has 0 unspecified atom stereocenters. The highest BCUT2D eigenvalue weighted by Gasteiger charge is 2.09. The summed E-state index contributed by atoms with van der Waals surface area (Å²) in [4.78, 5) is 64.6. The van der Waals surface area contributed by atoms with Crippen LogP contribution in [0.1, 0.15) is 131 Å². The summed E-state index contributed by atoms with van der Waals surface area (Å²) >= 11 is 0. The Labute approximate surface area is 210 Å². The molecule has 0 spiro atoms. The summed E-state index contributed by atoms with van der Waals surface area (Å²) < 4.78 is 13.5. The van der Waals surface area contributed by atoms with Crippen LogP contribution in [0.15, 0.2) is 0 Å². The second-order valence-corrected chi connectivity index (χ2v) is 7.75. The van der Waals surface area contributed by atoms with Crippen LogP contribution in [-0.2, 0) is 43.0 Å². The van der Waals surface area contributed by atoms with E-state index in [-0.39, 0.29) is 11.9 Å². The number of unbranched alkanes of at least 4 members (excludes halogenated alkanes) is 2. The molecule has 9 heteroatoms. The fourth-order valence-electron chi connectivity index (χ4n) is 2.15. The minimum Gasteiger partial charge on any atom is -0.393 e. The zero-order valence-electron chi connectivity index (χ0n) is 22.6. The molecule has 0 aliphatic carbocycles. The largest absolute Gasteiger partial charge is 0.393 e. The second-order valence-electron chi connectivity index (χ2n) is 7.75. The molecule has 0 bridgehead atoms. The van der Waals surface area contributed by atoms with Crippen molar-refractivity contribution in [3.63, 3.8) is 0 Å². The Bertz CT molecular complexity index is 528. The van der Waals surface area contributed by atoms with Crippen molar-refractivity contribution < 1.29 is 43.0 Å². The van der Waals surface area contributed by atoms with Gasteiger partial charge in [-0.25, -0.2) is 0 Å². The summed E-state index contributed by atoms with van der Waals surface area (Å²) in [7, 11) is 0. The molecular weight excluding hydrogens is 456 g/mol. The van der Waals surface area contributed by atoms with Crippen molar-refractivity contribution in [2.75, 3.05) is 0 Å². The number of rotatable bonds is 14. The van der Waals surface area contributed by atoms with E-state index in [1.807, 2.05) is 41.5 Å². The fourth-order valence-corrected chi connectivity index (χ4v) is 2.15. The van der Waals surface area contributed by atoms with Gasteiger partial charge >= 0.3 is 35.8 Å². The third-order valence-electron chi connectivity index (χ3n) is 3.97. The van der Waals surface area contributed by atoms with Crippen LogP contribution < -0.4 is 0 Å². The molecule has 0 fully saturated rings. The molecule has 0 aliphatic rings.